The van der Waals surface area contributed by atoms with Gasteiger partial charge in [0.1, 0.15) is 11.9 Å². The van der Waals surface area contributed by atoms with Crippen LogP contribution in [0.25, 0.3) is 0 Å². The first-order valence-electron chi connectivity index (χ1n) is 10.3. The maximum atomic E-state index is 13.2. The molecule has 1 amide bonds. The van der Waals surface area contributed by atoms with Crippen molar-refractivity contribution >= 4 is 17.5 Å². The summed E-state index contributed by atoms with van der Waals surface area (Å²) in [5, 5.41) is 0. The van der Waals surface area contributed by atoms with Gasteiger partial charge in [-0.15, -0.1) is 0 Å². The number of likely N-dealkylation sites (tertiary alicyclic amines) is 1. The molecule has 154 valence electrons. The molecule has 1 aliphatic rings. The van der Waals surface area contributed by atoms with Gasteiger partial charge in [0, 0.05) is 44.0 Å². The third-order valence-electron chi connectivity index (χ3n) is 5.94. The topological polar surface area (TPSA) is 46.1 Å². The maximum absolute atomic E-state index is 13.2. The average molecular weight is 405 g/mol. The highest BCUT2D eigenvalue weighted by Crippen LogP contribution is 2.38. The van der Waals surface area contributed by atoms with Gasteiger partial charge < -0.3 is 0 Å². The number of benzene rings is 1. The Labute approximate surface area is 176 Å². The molecule has 0 N–H and O–H groups in total. The second kappa shape index (κ2) is 8.81. The quantitative estimate of drug-likeness (QED) is 0.579. The molecule has 0 spiro atoms. The molecule has 3 heterocycles. The zero-order valence-electron chi connectivity index (χ0n) is 17.1. The minimum absolute atomic E-state index is 0.0118. The van der Waals surface area contributed by atoms with Crippen LogP contribution in [-0.4, -0.2) is 46.5 Å². The van der Waals surface area contributed by atoms with E-state index in [1.165, 1.54) is 12.1 Å². The molecule has 0 unspecified atom stereocenters. The van der Waals surface area contributed by atoms with E-state index in [4.69, 9.17) is 0 Å². The monoisotopic (exact) mass is 405 g/mol. The highest BCUT2D eigenvalue weighted by atomic mass is 19.1. The average Bonchev–Trinajstić information content (AvgIpc) is 3.24. The summed E-state index contributed by atoms with van der Waals surface area (Å²) in [6, 6.07) is 18.1. The Hall–Kier alpha value is -2.96. The van der Waals surface area contributed by atoms with Crippen molar-refractivity contribution in [3.05, 3.63) is 84.4 Å². The van der Waals surface area contributed by atoms with Crippen molar-refractivity contribution in [2.75, 3.05) is 19.6 Å². The van der Waals surface area contributed by atoms with Gasteiger partial charge in [-0.05, 0) is 36.2 Å². The number of carbonyl (C=O) groups excluding carboxylic acids is 1. The van der Waals surface area contributed by atoms with Gasteiger partial charge in [-0.2, -0.15) is 4.48 Å². The molecule has 1 aromatic carbocycles. The number of carbonyl (C=O) groups is 1. The van der Waals surface area contributed by atoms with E-state index in [9.17, 15) is 9.18 Å². The fourth-order valence-corrected chi connectivity index (χ4v) is 4.47. The number of hydrogen-bond acceptors (Lipinski definition) is 4. The van der Waals surface area contributed by atoms with E-state index < -0.39 is 0 Å². The Bertz CT molecular complexity index is 940. The third kappa shape index (κ3) is 3.88. The van der Waals surface area contributed by atoms with Crippen molar-refractivity contribution in [2.24, 2.45) is 0 Å². The van der Waals surface area contributed by atoms with Crippen molar-refractivity contribution in [3.8, 4) is 0 Å². The van der Waals surface area contributed by atoms with E-state index in [0.717, 1.165) is 38.0 Å². The van der Waals surface area contributed by atoms with Crippen LogP contribution in [0, 0.1) is 5.82 Å². The minimum atomic E-state index is -0.214. The molecule has 4 rings (SSSR count). The summed E-state index contributed by atoms with van der Waals surface area (Å²) < 4.78 is 13.2. The second-order valence-electron chi connectivity index (χ2n) is 7.74. The maximum Gasteiger partial charge on any atom is 0.323 e. The van der Waals surface area contributed by atoms with Crippen LogP contribution >= 0.6 is 0 Å². The first-order chi connectivity index (χ1) is 14.6. The number of amides is 1. The van der Waals surface area contributed by atoms with Crippen molar-refractivity contribution in [1.82, 2.24) is 19.4 Å². The molecule has 1 aliphatic heterocycles. The first kappa shape index (κ1) is 20.3. The largest absolute Gasteiger partial charge is 0.323 e. The highest BCUT2D eigenvalue weighted by Gasteiger charge is 2.51. The van der Waals surface area contributed by atoms with E-state index in [1.54, 1.807) is 19.3 Å². The van der Waals surface area contributed by atoms with Gasteiger partial charge in [0.2, 0.25) is 11.6 Å². The number of rotatable bonds is 6. The Morgan fingerprint density at radius 2 is 1.67 bits per heavy atom. The predicted octanol–water partition coefficient (Wildman–Crippen LogP) is 4.12. The molecule has 30 heavy (non-hydrogen) atoms. The Morgan fingerprint density at radius 1 is 1.03 bits per heavy atom. The Morgan fingerprint density at radius 3 is 2.20 bits per heavy atom. The number of pyridine rings is 2. The van der Waals surface area contributed by atoms with Gasteiger partial charge in [0.25, 0.3) is 0 Å². The van der Waals surface area contributed by atoms with Crippen molar-refractivity contribution in [1.29, 1.82) is 0 Å². The van der Waals surface area contributed by atoms with Gasteiger partial charge in [0.15, 0.2) is 0 Å². The fourth-order valence-electron chi connectivity index (χ4n) is 4.47. The zero-order chi connectivity index (χ0) is 21.0. The van der Waals surface area contributed by atoms with Crippen LogP contribution in [0.4, 0.5) is 16.0 Å². The van der Waals surface area contributed by atoms with Gasteiger partial charge in [-0.25, -0.2) is 19.2 Å². The number of nitrogens with zero attached hydrogens (tertiary/aromatic N) is 4. The number of hydrogen-bond donors (Lipinski definition) is 0. The molecule has 6 heteroatoms. The molecule has 0 aliphatic carbocycles. The van der Waals surface area contributed by atoms with Crippen LogP contribution in [0.3, 0.4) is 0 Å². The number of aromatic nitrogens is 2. The second-order valence-corrected chi connectivity index (χ2v) is 7.74. The fraction of sp³-hybridized carbons (Fsp3) is 0.292. The van der Waals surface area contributed by atoms with Crippen LogP contribution in [-0.2, 0) is 11.2 Å². The van der Waals surface area contributed by atoms with E-state index in [0.29, 0.717) is 11.6 Å². The normalized spacial score (nSPS) is 17.2. The smallest absolute Gasteiger partial charge is 0.297 e. The summed E-state index contributed by atoms with van der Waals surface area (Å²) in [5.41, 5.74) is 1.11. The lowest BCUT2D eigenvalue weighted by molar-refractivity contribution is -0.127. The van der Waals surface area contributed by atoms with Crippen LogP contribution in [0.1, 0.15) is 18.9 Å². The summed E-state index contributed by atoms with van der Waals surface area (Å²) in [7, 11) is 0. The first-order valence-corrected chi connectivity index (χ1v) is 10.3. The van der Waals surface area contributed by atoms with Crippen LogP contribution in [0.5, 0.6) is 0 Å². The lowest BCUT2D eigenvalue weighted by atomic mass is 10.1. The molecule has 2 aromatic heterocycles. The molecular weight excluding hydrogens is 379 g/mol. The van der Waals surface area contributed by atoms with Crippen molar-refractivity contribution in [2.45, 2.75) is 25.8 Å². The Kier molecular flexibility index (Phi) is 5.97. The summed E-state index contributed by atoms with van der Waals surface area (Å²) in [6.07, 6.45) is 5.18. The number of quaternary nitrogens is 1. The molecule has 0 bridgehead atoms. The SMILES string of the molecule is CC(=O)[N+](c1ccccn1)(c1ccccn1)[C@H]1CCN(CCc2ccc(F)cc2)C1. The van der Waals surface area contributed by atoms with E-state index >= 15 is 0 Å². The van der Waals surface area contributed by atoms with E-state index in [-0.39, 0.29) is 22.2 Å². The van der Waals surface area contributed by atoms with Gasteiger partial charge in [0.05, 0.1) is 13.5 Å². The van der Waals surface area contributed by atoms with E-state index in [1.807, 2.05) is 48.5 Å². The number of halogens is 1. The highest BCUT2D eigenvalue weighted by molar-refractivity contribution is 5.92. The van der Waals surface area contributed by atoms with Crippen LogP contribution < -0.4 is 4.48 Å². The minimum Gasteiger partial charge on any atom is -0.297 e. The molecule has 1 fully saturated rings. The van der Waals surface area contributed by atoms with Crippen LogP contribution in [0.2, 0.25) is 0 Å². The van der Waals surface area contributed by atoms with Gasteiger partial charge >= 0.3 is 5.91 Å². The summed E-state index contributed by atoms with van der Waals surface area (Å²) >= 11 is 0. The van der Waals surface area contributed by atoms with Crippen LogP contribution in [0.15, 0.2) is 73.1 Å². The molecule has 0 radical (unpaired) electrons. The third-order valence-corrected chi connectivity index (χ3v) is 5.94. The standard InChI is InChI=1S/C24H26FN4O/c1-19(30)29(23-6-2-4-14-26-23,24-7-3-5-15-27-24)22-13-17-28(18-22)16-12-20-8-10-21(25)11-9-20/h2-11,14-15,22H,12-13,16-18H2,1H3/q+1/t22-/m0/s1. The lowest BCUT2D eigenvalue weighted by Gasteiger charge is -2.37. The van der Waals surface area contributed by atoms with Crippen molar-refractivity contribution < 1.29 is 9.18 Å². The lowest BCUT2D eigenvalue weighted by Crippen LogP contribution is -2.58. The molecule has 0 saturated carbocycles. The predicted molar refractivity (Wildman–Crippen MR) is 116 cm³/mol. The summed E-state index contributed by atoms with van der Waals surface area (Å²) in [6.45, 7) is 4.17. The van der Waals surface area contributed by atoms with Gasteiger partial charge in [-0.3, -0.25) is 4.90 Å². The molecule has 5 nitrogen and oxygen atoms in total. The molecule has 1 saturated heterocycles. The molecule has 3 aromatic rings. The molecular formula is C24H26FN4O+. The summed E-state index contributed by atoms with van der Waals surface area (Å²) in [4.78, 5) is 24.7. The van der Waals surface area contributed by atoms with Gasteiger partial charge in [-0.1, -0.05) is 24.3 Å². The zero-order valence-corrected chi connectivity index (χ0v) is 17.1. The van der Waals surface area contributed by atoms with Crippen molar-refractivity contribution in [3.63, 3.8) is 0 Å². The van der Waals surface area contributed by atoms with E-state index in [2.05, 4.69) is 14.9 Å². The Balaban J connectivity index is 1.60. The summed E-state index contributed by atoms with van der Waals surface area (Å²) in [5.74, 6) is 1.20. The molecule has 1 atom stereocenters.